The first-order valence-corrected chi connectivity index (χ1v) is 15.7. The Balaban J connectivity index is -0.0000000563. The van der Waals surface area contributed by atoms with Crippen LogP contribution in [0, 0.1) is 0 Å². The first-order chi connectivity index (χ1) is 6.23. The van der Waals surface area contributed by atoms with Gasteiger partial charge in [0.2, 0.25) is 0 Å². The summed E-state index contributed by atoms with van der Waals surface area (Å²) in [6.07, 6.45) is 0. The van der Waals surface area contributed by atoms with E-state index in [0.29, 0.717) is 0 Å². The van der Waals surface area contributed by atoms with Crippen molar-refractivity contribution in [2.45, 2.75) is 90.4 Å². The van der Waals surface area contributed by atoms with Crippen LogP contribution in [0.5, 0.6) is 0 Å². The lowest BCUT2D eigenvalue weighted by Crippen LogP contribution is -2.44. The lowest BCUT2D eigenvalue weighted by molar-refractivity contribution is 0.362. The van der Waals surface area contributed by atoms with Gasteiger partial charge in [0.05, 0.1) is 0 Å². The maximum Gasteiger partial charge on any atom is 0.312 e. The van der Waals surface area contributed by atoms with Crippen LogP contribution in [0.1, 0.15) is 44.6 Å². The average molecular weight is 365 g/mol. The minimum Gasteiger partial charge on any atom is -0.442 e. The minimum absolute atomic E-state index is 0. The molecule has 0 bridgehead atoms. The van der Waals surface area contributed by atoms with Crippen molar-refractivity contribution in [2.75, 3.05) is 0 Å². The van der Waals surface area contributed by atoms with Gasteiger partial charge in [-0.1, -0.05) is 44.6 Å². The van der Waals surface area contributed by atoms with Crippen LogP contribution in [0.4, 0.5) is 0 Å². The maximum atomic E-state index is 5.96. The fraction of sp³-hybridized carbons (Fsp3) is 1.00. The largest absolute Gasteiger partial charge is 0.442 e. The molecule has 3 nitrogen and oxygen atoms in total. The van der Waals surface area contributed by atoms with Crippen molar-refractivity contribution in [3.8, 4) is 0 Å². The Hall–Kier alpha value is 0.748. The lowest BCUT2D eigenvalue weighted by Gasteiger charge is -2.29. The van der Waals surface area contributed by atoms with Crippen molar-refractivity contribution in [3.05, 3.63) is 0 Å². The zero-order valence-electron chi connectivity index (χ0n) is 10.5. The molecule has 134 valence electrons. The summed E-state index contributed by atoms with van der Waals surface area (Å²) in [5, 5.41) is 0. The highest BCUT2D eigenvalue weighted by molar-refractivity contribution is 6.78. The van der Waals surface area contributed by atoms with Crippen molar-refractivity contribution in [3.63, 3.8) is 0 Å². The second-order valence-electron chi connectivity index (χ2n) is 4.44. The summed E-state index contributed by atoms with van der Waals surface area (Å²) in [5.41, 5.74) is 0. The van der Waals surface area contributed by atoms with Gasteiger partial charge in [-0.2, -0.15) is 0 Å². The quantitative estimate of drug-likeness (QED) is 0.593. The van der Waals surface area contributed by atoms with Gasteiger partial charge in [-0.05, 0) is 45.8 Å². The molecule has 0 rings (SSSR count). The predicted octanol–water partition coefficient (Wildman–Crippen LogP) is 5.37. The summed E-state index contributed by atoms with van der Waals surface area (Å²) in [6, 6.07) is 0. The molecule has 0 saturated heterocycles. The van der Waals surface area contributed by atoms with Crippen LogP contribution in [0.2, 0.25) is 45.8 Å². The van der Waals surface area contributed by atoms with Crippen LogP contribution in [0.3, 0.4) is 0 Å². The Labute approximate surface area is 139 Å². The van der Waals surface area contributed by atoms with Gasteiger partial charge in [-0.25, -0.2) is 0 Å². The summed E-state index contributed by atoms with van der Waals surface area (Å²) in [4.78, 5) is 0. The molecule has 0 amide bonds. The van der Waals surface area contributed by atoms with E-state index in [2.05, 4.69) is 45.8 Å². The molecule has 0 aromatic rings. The molecule has 0 radical (unpaired) electrons. The molecule has 0 heterocycles. The van der Waals surface area contributed by atoms with Crippen LogP contribution >= 0.6 is 0 Å². The Morgan fingerprint density at radius 3 is 1.20 bits per heavy atom. The smallest absolute Gasteiger partial charge is 0.312 e. The van der Waals surface area contributed by atoms with Crippen LogP contribution in [0.15, 0.2) is 0 Å². The summed E-state index contributed by atoms with van der Waals surface area (Å²) in [5.74, 6) is 0. The summed E-state index contributed by atoms with van der Waals surface area (Å²) >= 11 is 0. The Kier molecular flexibility index (Phi) is 42.3. The zero-order valence-corrected chi connectivity index (χ0v) is 14.9. The third-order valence-electron chi connectivity index (χ3n) is 1.43. The highest BCUT2D eigenvalue weighted by atomic mass is 28.5. The van der Waals surface area contributed by atoms with Crippen LogP contribution in [-0.2, 0) is 12.3 Å². The monoisotopic (exact) mass is 364 g/mol. The van der Waals surface area contributed by atoms with Crippen molar-refractivity contribution in [2.24, 2.45) is 0 Å². The molecule has 0 N–H and O–H groups in total. The van der Waals surface area contributed by atoms with E-state index >= 15 is 0 Å². The summed E-state index contributed by atoms with van der Waals surface area (Å²) in [6.45, 7) is 15.1. The molecule has 0 saturated carbocycles. The van der Waals surface area contributed by atoms with Crippen LogP contribution in [0.25, 0.3) is 0 Å². The molecule has 7 heteroatoms. The van der Waals surface area contributed by atoms with Gasteiger partial charge in [0.1, 0.15) is 0 Å². The molecule has 0 fully saturated rings. The van der Waals surface area contributed by atoms with Crippen molar-refractivity contribution in [1.82, 2.24) is 0 Å². The van der Waals surface area contributed by atoms with Gasteiger partial charge in [-0.3, -0.25) is 0 Å². The summed E-state index contributed by atoms with van der Waals surface area (Å²) in [7, 11) is -5.21. The third kappa shape index (κ3) is 27.2. The highest BCUT2D eigenvalue weighted by Gasteiger charge is 2.29. The second-order valence-corrected chi connectivity index (χ2v) is 15.5. The Bertz CT molecular complexity index is 168. The molecule has 1 atom stereocenters. The molecule has 0 spiro atoms. The van der Waals surface area contributed by atoms with Gasteiger partial charge in [0.15, 0.2) is 18.1 Å². The third-order valence-corrected chi connectivity index (χ3v) is 12.9. The molecular formula is C13H48O3Si4. The van der Waals surface area contributed by atoms with E-state index in [1.54, 1.807) is 0 Å². The molecule has 0 aromatic heterocycles. The number of hydrogen-bond donors (Lipinski definition) is 0. The van der Waals surface area contributed by atoms with Crippen molar-refractivity contribution >= 4 is 35.9 Å². The molecule has 20 heavy (non-hydrogen) atoms. The van der Waals surface area contributed by atoms with Gasteiger partial charge < -0.3 is 12.3 Å². The maximum absolute atomic E-state index is 5.96. The van der Waals surface area contributed by atoms with E-state index < -0.39 is 35.9 Å². The fourth-order valence-corrected chi connectivity index (χ4v) is 13.7. The van der Waals surface area contributed by atoms with Crippen LogP contribution < -0.4 is 0 Å². The van der Waals surface area contributed by atoms with Crippen LogP contribution in [-0.4, -0.2) is 35.9 Å². The van der Waals surface area contributed by atoms with E-state index in [1.165, 1.54) is 0 Å². The van der Waals surface area contributed by atoms with Gasteiger partial charge in [0.25, 0.3) is 9.28 Å². The standard InChI is InChI=1S/C7H24O3Si4.6CH4/c1-11(2)8-13(5)10-14(6,7)9-12(3)4;;;;;;/h11-13H,1-7H3;6*1H4. The Morgan fingerprint density at radius 2 is 0.950 bits per heavy atom. The highest BCUT2D eigenvalue weighted by Crippen LogP contribution is 2.10. The fourth-order valence-electron chi connectivity index (χ4n) is 1.41. The molecule has 0 aromatic carbocycles. The van der Waals surface area contributed by atoms with Crippen molar-refractivity contribution in [1.29, 1.82) is 0 Å². The van der Waals surface area contributed by atoms with E-state index in [-0.39, 0.29) is 44.6 Å². The van der Waals surface area contributed by atoms with Gasteiger partial charge in [-0.15, -0.1) is 0 Å². The molecule has 0 aliphatic rings. The minimum atomic E-state index is -1.88. The van der Waals surface area contributed by atoms with E-state index in [4.69, 9.17) is 12.3 Å². The molecule has 1 unspecified atom stereocenters. The SMILES string of the molecule is C.C.C.C.C.C.C[SiH](C)O[SiH](C)O[Si](C)(C)O[SiH](C)C. The Morgan fingerprint density at radius 1 is 0.600 bits per heavy atom. The normalized spacial score (nSPS) is 10.7. The van der Waals surface area contributed by atoms with Gasteiger partial charge in [0, 0.05) is 0 Å². The lowest BCUT2D eigenvalue weighted by atomic mass is 11.9. The molecule has 0 aliphatic heterocycles. The zero-order chi connectivity index (χ0) is 11.4. The average Bonchev–Trinajstić information content (AvgIpc) is 1.77. The predicted molar refractivity (Wildman–Crippen MR) is 112 cm³/mol. The molecule has 0 aliphatic carbocycles. The summed E-state index contributed by atoms with van der Waals surface area (Å²) < 4.78 is 17.7. The van der Waals surface area contributed by atoms with E-state index in [9.17, 15) is 0 Å². The first-order valence-electron chi connectivity index (χ1n) is 5.24. The van der Waals surface area contributed by atoms with Crippen molar-refractivity contribution < 1.29 is 12.3 Å². The number of hydrogen-bond acceptors (Lipinski definition) is 3. The topological polar surface area (TPSA) is 27.7 Å². The second kappa shape index (κ2) is 19.7. The molecular weight excluding hydrogens is 316 g/mol. The van der Waals surface area contributed by atoms with E-state index in [1.807, 2.05) is 0 Å². The first kappa shape index (κ1) is 42.8. The van der Waals surface area contributed by atoms with Gasteiger partial charge >= 0.3 is 8.56 Å². The van der Waals surface area contributed by atoms with E-state index in [0.717, 1.165) is 0 Å². The number of rotatable bonds is 6.